The van der Waals surface area contributed by atoms with Crippen LogP contribution in [0.15, 0.2) is 53.1 Å². The van der Waals surface area contributed by atoms with Crippen LogP contribution in [0.3, 0.4) is 0 Å². The molecule has 0 unspecified atom stereocenters. The predicted octanol–water partition coefficient (Wildman–Crippen LogP) is 4.96. The Kier molecular flexibility index (Phi) is 5.35. The van der Waals surface area contributed by atoms with Crippen molar-refractivity contribution in [2.75, 3.05) is 12.3 Å². The molecule has 0 spiro atoms. The third-order valence-corrected chi connectivity index (χ3v) is 7.18. The second-order valence-corrected chi connectivity index (χ2v) is 9.41. The molecule has 6 nitrogen and oxygen atoms in total. The van der Waals surface area contributed by atoms with Gasteiger partial charge in [0.2, 0.25) is 5.91 Å². The van der Waals surface area contributed by atoms with Crippen molar-refractivity contribution in [2.24, 2.45) is 0 Å². The minimum Gasteiger partial charge on any atom is -0.360 e. The van der Waals surface area contributed by atoms with Crippen LogP contribution in [0.1, 0.15) is 30.7 Å². The number of nitrogens with zero attached hydrogens (tertiary/aromatic N) is 4. The highest BCUT2D eigenvalue weighted by molar-refractivity contribution is 7.99. The van der Waals surface area contributed by atoms with Gasteiger partial charge >= 0.3 is 0 Å². The van der Waals surface area contributed by atoms with Gasteiger partial charge in [-0.15, -0.1) is 21.5 Å². The van der Waals surface area contributed by atoms with E-state index in [2.05, 4.69) is 37.9 Å². The van der Waals surface area contributed by atoms with Gasteiger partial charge in [-0.05, 0) is 37.3 Å². The molecule has 3 heterocycles. The molecule has 0 radical (unpaired) electrons. The maximum atomic E-state index is 12.8. The molecule has 1 aliphatic carbocycles. The number of amides is 1. The average molecular weight is 438 g/mol. The van der Waals surface area contributed by atoms with Gasteiger partial charge in [0.15, 0.2) is 11.0 Å². The zero-order chi connectivity index (χ0) is 20.5. The molecular weight excluding hydrogens is 414 g/mol. The van der Waals surface area contributed by atoms with Crippen LogP contribution >= 0.6 is 23.1 Å². The zero-order valence-corrected chi connectivity index (χ0v) is 18.4. The molecule has 0 aliphatic heterocycles. The SMILES string of the molecule is CCN(Cc1cccs1)C(=O)CSc1nnc(-c2c[nH]c3ccccc23)n1C1CC1. The predicted molar refractivity (Wildman–Crippen MR) is 122 cm³/mol. The van der Waals surface area contributed by atoms with Crippen LogP contribution in [-0.2, 0) is 11.3 Å². The fraction of sp³-hybridized carbons (Fsp3) is 0.318. The zero-order valence-electron chi connectivity index (χ0n) is 16.7. The molecule has 1 N–H and O–H groups in total. The molecule has 3 aromatic heterocycles. The number of para-hydroxylation sites is 1. The van der Waals surface area contributed by atoms with Crippen molar-refractivity contribution in [2.45, 2.75) is 37.5 Å². The first-order valence-corrected chi connectivity index (χ1v) is 12.1. The van der Waals surface area contributed by atoms with Gasteiger partial charge in [-0.1, -0.05) is 36.0 Å². The van der Waals surface area contributed by atoms with Gasteiger partial charge in [-0.3, -0.25) is 9.36 Å². The number of aromatic nitrogens is 4. The molecule has 8 heteroatoms. The van der Waals surface area contributed by atoms with E-state index in [4.69, 9.17) is 0 Å². The molecule has 4 aromatic rings. The number of thiophene rings is 1. The number of hydrogen-bond donors (Lipinski definition) is 1. The summed E-state index contributed by atoms with van der Waals surface area (Å²) in [6.07, 6.45) is 4.27. The first kappa shape index (κ1) is 19.4. The quantitative estimate of drug-likeness (QED) is 0.396. The Hall–Kier alpha value is -2.58. The van der Waals surface area contributed by atoms with Crippen LogP contribution in [0.4, 0.5) is 0 Å². The van der Waals surface area contributed by atoms with E-state index in [1.54, 1.807) is 11.3 Å². The fourth-order valence-electron chi connectivity index (χ4n) is 3.66. The highest BCUT2D eigenvalue weighted by atomic mass is 32.2. The topological polar surface area (TPSA) is 66.8 Å². The number of carbonyl (C=O) groups is 1. The summed E-state index contributed by atoms with van der Waals surface area (Å²) < 4.78 is 2.23. The van der Waals surface area contributed by atoms with Crippen LogP contribution in [0, 0.1) is 0 Å². The molecular formula is C22H23N5OS2. The molecule has 0 saturated heterocycles. The molecule has 0 bridgehead atoms. The number of aromatic amines is 1. The lowest BCUT2D eigenvalue weighted by Crippen LogP contribution is -2.31. The van der Waals surface area contributed by atoms with Gasteiger partial charge in [0.25, 0.3) is 0 Å². The van der Waals surface area contributed by atoms with Crippen LogP contribution < -0.4 is 0 Å². The van der Waals surface area contributed by atoms with E-state index in [0.29, 0.717) is 24.9 Å². The lowest BCUT2D eigenvalue weighted by atomic mass is 10.1. The molecule has 0 atom stereocenters. The maximum Gasteiger partial charge on any atom is 0.233 e. The largest absolute Gasteiger partial charge is 0.360 e. The Labute approximate surface area is 183 Å². The van der Waals surface area contributed by atoms with E-state index in [1.165, 1.54) is 16.6 Å². The number of carbonyl (C=O) groups excluding carboxylic acids is 1. The highest BCUT2D eigenvalue weighted by Gasteiger charge is 2.31. The van der Waals surface area contributed by atoms with Gasteiger partial charge in [-0.25, -0.2) is 0 Å². The van der Waals surface area contributed by atoms with E-state index < -0.39 is 0 Å². The number of nitrogens with one attached hydrogen (secondary N) is 1. The summed E-state index contributed by atoms with van der Waals surface area (Å²) >= 11 is 3.18. The van der Waals surface area contributed by atoms with Crippen molar-refractivity contribution in [1.29, 1.82) is 0 Å². The molecule has 154 valence electrons. The number of fused-ring (bicyclic) bond motifs is 1. The smallest absolute Gasteiger partial charge is 0.233 e. The van der Waals surface area contributed by atoms with Crippen LogP contribution in [0.2, 0.25) is 0 Å². The number of H-pyrrole nitrogens is 1. The van der Waals surface area contributed by atoms with E-state index in [1.807, 2.05) is 41.6 Å². The second-order valence-electron chi connectivity index (χ2n) is 7.43. The van der Waals surface area contributed by atoms with Gasteiger partial charge in [0.05, 0.1) is 12.3 Å². The van der Waals surface area contributed by atoms with E-state index in [-0.39, 0.29) is 5.91 Å². The normalized spacial score (nSPS) is 13.8. The third-order valence-electron chi connectivity index (χ3n) is 5.39. The Balaban J connectivity index is 1.36. The maximum absolute atomic E-state index is 12.8. The van der Waals surface area contributed by atoms with Crippen molar-refractivity contribution in [3.05, 3.63) is 52.9 Å². The van der Waals surface area contributed by atoms with Crippen LogP contribution in [0.25, 0.3) is 22.3 Å². The van der Waals surface area contributed by atoms with E-state index in [9.17, 15) is 4.79 Å². The Bertz CT molecular complexity index is 1160. The standard InChI is InChI=1S/C22H23N5OS2/c1-2-26(13-16-6-5-11-29-16)20(28)14-30-22-25-24-21(27(22)15-9-10-15)18-12-23-19-8-4-3-7-17(18)19/h3-8,11-12,15,23H,2,9-10,13-14H2,1H3. The number of thioether (sulfide) groups is 1. The summed E-state index contributed by atoms with van der Waals surface area (Å²) in [5.41, 5.74) is 2.16. The second kappa shape index (κ2) is 8.28. The molecule has 1 aromatic carbocycles. The van der Waals surface area contributed by atoms with Gasteiger partial charge in [0.1, 0.15) is 0 Å². The molecule has 5 rings (SSSR count). The third kappa shape index (κ3) is 3.77. The number of hydrogen-bond acceptors (Lipinski definition) is 5. The van der Waals surface area contributed by atoms with Crippen LogP contribution in [-0.4, -0.2) is 42.9 Å². The number of benzene rings is 1. The van der Waals surface area contributed by atoms with Gasteiger partial charge in [0, 0.05) is 40.1 Å². The van der Waals surface area contributed by atoms with Crippen molar-refractivity contribution >= 4 is 39.9 Å². The molecule has 1 saturated carbocycles. The Morgan fingerprint density at radius 3 is 2.90 bits per heavy atom. The lowest BCUT2D eigenvalue weighted by Gasteiger charge is -2.20. The fourth-order valence-corrected chi connectivity index (χ4v) is 5.29. The molecule has 30 heavy (non-hydrogen) atoms. The first-order chi connectivity index (χ1) is 14.7. The van der Waals surface area contributed by atoms with Gasteiger partial charge in [-0.2, -0.15) is 0 Å². The van der Waals surface area contributed by atoms with Crippen molar-refractivity contribution in [3.63, 3.8) is 0 Å². The summed E-state index contributed by atoms with van der Waals surface area (Å²) in [6, 6.07) is 12.8. The minimum atomic E-state index is 0.134. The monoisotopic (exact) mass is 437 g/mol. The lowest BCUT2D eigenvalue weighted by molar-refractivity contribution is -0.128. The summed E-state index contributed by atoms with van der Waals surface area (Å²) in [5.74, 6) is 1.39. The summed E-state index contributed by atoms with van der Waals surface area (Å²) in [7, 11) is 0. The molecule has 1 aliphatic rings. The Morgan fingerprint density at radius 1 is 1.27 bits per heavy atom. The summed E-state index contributed by atoms with van der Waals surface area (Å²) in [4.78, 5) is 19.3. The van der Waals surface area contributed by atoms with Gasteiger partial charge < -0.3 is 9.88 Å². The van der Waals surface area contributed by atoms with Crippen molar-refractivity contribution in [3.8, 4) is 11.4 Å². The van der Waals surface area contributed by atoms with E-state index in [0.717, 1.165) is 40.3 Å². The molecule has 1 amide bonds. The Morgan fingerprint density at radius 2 is 2.13 bits per heavy atom. The van der Waals surface area contributed by atoms with Crippen LogP contribution in [0.5, 0.6) is 0 Å². The number of rotatable bonds is 8. The molecule has 1 fully saturated rings. The first-order valence-electron chi connectivity index (χ1n) is 10.2. The van der Waals surface area contributed by atoms with Crippen molar-refractivity contribution < 1.29 is 4.79 Å². The van der Waals surface area contributed by atoms with E-state index >= 15 is 0 Å². The van der Waals surface area contributed by atoms with Crippen molar-refractivity contribution in [1.82, 2.24) is 24.6 Å². The summed E-state index contributed by atoms with van der Waals surface area (Å²) in [6.45, 7) is 3.40. The average Bonchev–Trinajstić information content (AvgIpc) is 3.17. The highest BCUT2D eigenvalue weighted by Crippen LogP contribution is 2.42. The minimum absolute atomic E-state index is 0.134. The summed E-state index contributed by atoms with van der Waals surface area (Å²) in [5, 5.41) is 13.0.